The van der Waals surface area contributed by atoms with E-state index < -0.39 is 0 Å². The Morgan fingerprint density at radius 2 is 2.00 bits per heavy atom. The molecule has 4 nitrogen and oxygen atoms in total. The van der Waals surface area contributed by atoms with Crippen LogP contribution in [0.15, 0.2) is 0 Å². The molecule has 0 bridgehead atoms. The van der Waals surface area contributed by atoms with Crippen molar-refractivity contribution in [1.82, 2.24) is 15.1 Å². The Morgan fingerprint density at radius 1 is 1.32 bits per heavy atom. The zero-order valence-electron chi connectivity index (χ0n) is 12.7. The Balaban J connectivity index is 1.89. The molecule has 1 N–H and O–H groups in total. The lowest BCUT2D eigenvalue weighted by molar-refractivity contribution is -0.138. The van der Waals surface area contributed by atoms with Crippen molar-refractivity contribution in [2.24, 2.45) is 5.92 Å². The molecule has 1 heterocycles. The number of carbonyl (C=O) groups is 1. The van der Waals surface area contributed by atoms with Gasteiger partial charge in [-0.3, -0.25) is 9.69 Å². The van der Waals surface area contributed by atoms with Gasteiger partial charge in [-0.25, -0.2) is 0 Å². The van der Waals surface area contributed by atoms with Gasteiger partial charge in [0.05, 0.1) is 6.04 Å². The van der Waals surface area contributed by atoms with Gasteiger partial charge < -0.3 is 10.2 Å². The fraction of sp³-hybridized carbons (Fsp3) is 0.933. The molecule has 110 valence electrons. The van der Waals surface area contributed by atoms with Crippen molar-refractivity contribution in [2.75, 3.05) is 33.2 Å². The van der Waals surface area contributed by atoms with Crippen molar-refractivity contribution in [3.63, 3.8) is 0 Å². The molecule has 2 rings (SSSR count). The van der Waals surface area contributed by atoms with E-state index in [0.29, 0.717) is 11.9 Å². The lowest BCUT2D eigenvalue weighted by atomic mass is 9.86. The standard InChI is InChI=1S/C15H29N3O/c1-12-5-4-6-14(11-12)17(3)15(19)13(2)18-9-7-16-8-10-18/h12-14,16H,4-11H2,1-3H3. The van der Waals surface area contributed by atoms with Crippen LogP contribution in [0, 0.1) is 5.92 Å². The predicted molar refractivity (Wildman–Crippen MR) is 78.1 cm³/mol. The molecule has 1 saturated carbocycles. The van der Waals surface area contributed by atoms with Crippen LogP contribution in [0.1, 0.15) is 39.5 Å². The number of rotatable bonds is 3. The van der Waals surface area contributed by atoms with Crippen LogP contribution < -0.4 is 5.32 Å². The second-order valence-corrected chi connectivity index (χ2v) is 6.34. The third kappa shape index (κ3) is 3.69. The minimum absolute atomic E-state index is 0.0318. The summed E-state index contributed by atoms with van der Waals surface area (Å²) in [5.41, 5.74) is 0. The lowest BCUT2D eigenvalue weighted by Gasteiger charge is -2.39. The molecule has 0 radical (unpaired) electrons. The second kappa shape index (κ2) is 6.71. The van der Waals surface area contributed by atoms with Crippen LogP contribution in [0.3, 0.4) is 0 Å². The van der Waals surface area contributed by atoms with Crippen LogP contribution in [0.2, 0.25) is 0 Å². The Labute approximate surface area is 117 Å². The number of piperazine rings is 1. The van der Waals surface area contributed by atoms with Crippen LogP contribution in [0.5, 0.6) is 0 Å². The smallest absolute Gasteiger partial charge is 0.239 e. The molecule has 0 aromatic heterocycles. The molecule has 3 unspecified atom stereocenters. The molecule has 1 aliphatic carbocycles. The van der Waals surface area contributed by atoms with Gasteiger partial charge in [-0.2, -0.15) is 0 Å². The summed E-state index contributed by atoms with van der Waals surface area (Å²) in [7, 11) is 2.00. The Morgan fingerprint density at radius 3 is 2.63 bits per heavy atom. The monoisotopic (exact) mass is 267 g/mol. The molecule has 19 heavy (non-hydrogen) atoms. The summed E-state index contributed by atoms with van der Waals surface area (Å²) in [6, 6.07) is 0.492. The van der Waals surface area contributed by atoms with Gasteiger partial charge in [0.1, 0.15) is 0 Å². The van der Waals surface area contributed by atoms with Crippen molar-refractivity contribution in [3.8, 4) is 0 Å². The minimum atomic E-state index is 0.0318. The highest BCUT2D eigenvalue weighted by Gasteiger charge is 2.30. The molecule has 2 aliphatic rings. The third-order valence-corrected chi connectivity index (χ3v) is 4.86. The summed E-state index contributed by atoms with van der Waals surface area (Å²) in [6.45, 7) is 8.36. The van der Waals surface area contributed by atoms with Crippen LogP contribution >= 0.6 is 0 Å². The molecule has 1 amide bonds. The maximum atomic E-state index is 12.6. The fourth-order valence-electron chi connectivity index (χ4n) is 3.45. The van der Waals surface area contributed by atoms with Gasteiger partial charge in [-0.1, -0.05) is 19.8 Å². The van der Waals surface area contributed by atoms with Crippen molar-refractivity contribution in [2.45, 2.75) is 51.6 Å². The summed E-state index contributed by atoms with van der Waals surface area (Å²) in [6.07, 6.45) is 4.95. The second-order valence-electron chi connectivity index (χ2n) is 6.34. The van der Waals surface area contributed by atoms with E-state index in [1.165, 1.54) is 25.7 Å². The molecule has 0 aromatic rings. The van der Waals surface area contributed by atoms with E-state index in [-0.39, 0.29) is 6.04 Å². The van der Waals surface area contributed by atoms with E-state index in [1.54, 1.807) is 0 Å². The molecule has 1 aliphatic heterocycles. The number of nitrogens with one attached hydrogen (secondary N) is 1. The first-order valence-electron chi connectivity index (χ1n) is 7.81. The lowest BCUT2D eigenvalue weighted by Crippen LogP contribution is -2.54. The zero-order chi connectivity index (χ0) is 13.8. The Kier molecular flexibility index (Phi) is 5.22. The van der Waals surface area contributed by atoms with Gasteiger partial charge in [-0.15, -0.1) is 0 Å². The number of hydrogen-bond acceptors (Lipinski definition) is 3. The van der Waals surface area contributed by atoms with Gasteiger partial charge in [0.2, 0.25) is 5.91 Å². The van der Waals surface area contributed by atoms with E-state index in [9.17, 15) is 4.79 Å². The maximum Gasteiger partial charge on any atom is 0.239 e. The van der Waals surface area contributed by atoms with E-state index in [4.69, 9.17) is 0 Å². The molecular formula is C15H29N3O. The van der Waals surface area contributed by atoms with Gasteiger partial charge in [0.15, 0.2) is 0 Å². The maximum absolute atomic E-state index is 12.6. The van der Waals surface area contributed by atoms with Crippen LogP contribution in [0.4, 0.5) is 0 Å². The van der Waals surface area contributed by atoms with Crippen LogP contribution in [-0.4, -0.2) is 61.0 Å². The van der Waals surface area contributed by atoms with Gasteiger partial charge in [0.25, 0.3) is 0 Å². The molecule has 2 fully saturated rings. The first-order chi connectivity index (χ1) is 9.09. The molecule has 0 spiro atoms. The average Bonchev–Trinajstić information content (AvgIpc) is 2.46. The minimum Gasteiger partial charge on any atom is -0.341 e. The number of nitrogens with zero attached hydrogens (tertiary/aromatic N) is 2. The number of carbonyl (C=O) groups excluding carboxylic acids is 1. The number of likely N-dealkylation sites (N-methyl/N-ethyl adjacent to an activating group) is 1. The fourth-order valence-corrected chi connectivity index (χ4v) is 3.45. The molecular weight excluding hydrogens is 238 g/mol. The van der Waals surface area contributed by atoms with E-state index in [1.807, 2.05) is 11.9 Å². The summed E-state index contributed by atoms with van der Waals surface area (Å²) >= 11 is 0. The van der Waals surface area contributed by atoms with Gasteiger partial charge in [0, 0.05) is 39.3 Å². The number of hydrogen-bond donors (Lipinski definition) is 1. The quantitative estimate of drug-likeness (QED) is 0.837. The van der Waals surface area contributed by atoms with Gasteiger partial charge in [-0.05, 0) is 25.7 Å². The predicted octanol–water partition coefficient (Wildman–Crippen LogP) is 1.32. The normalized spacial score (nSPS) is 30.9. The number of amides is 1. The third-order valence-electron chi connectivity index (χ3n) is 4.86. The summed E-state index contributed by atoms with van der Waals surface area (Å²) in [4.78, 5) is 16.9. The van der Waals surface area contributed by atoms with E-state index in [2.05, 4.69) is 24.1 Å². The Bertz CT molecular complexity index is 302. The van der Waals surface area contributed by atoms with Crippen molar-refractivity contribution >= 4 is 5.91 Å². The first-order valence-corrected chi connectivity index (χ1v) is 7.81. The highest BCUT2D eigenvalue weighted by atomic mass is 16.2. The molecule has 1 saturated heterocycles. The zero-order valence-corrected chi connectivity index (χ0v) is 12.7. The topological polar surface area (TPSA) is 35.6 Å². The van der Waals surface area contributed by atoms with Crippen molar-refractivity contribution in [3.05, 3.63) is 0 Å². The van der Waals surface area contributed by atoms with Crippen LogP contribution in [0.25, 0.3) is 0 Å². The molecule has 0 aromatic carbocycles. The SMILES string of the molecule is CC1CCCC(N(C)C(=O)C(C)N2CCNCC2)C1. The highest BCUT2D eigenvalue weighted by molar-refractivity contribution is 5.81. The van der Waals surface area contributed by atoms with E-state index in [0.717, 1.165) is 32.1 Å². The van der Waals surface area contributed by atoms with Crippen molar-refractivity contribution < 1.29 is 4.79 Å². The Hall–Kier alpha value is -0.610. The molecule has 4 heteroatoms. The average molecular weight is 267 g/mol. The summed E-state index contributed by atoms with van der Waals surface area (Å²) in [5.74, 6) is 1.07. The largest absolute Gasteiger partial charge is 0.341 e. The summed E-state index contributed by atoms with van der Waals surface area (Å²) in [5, 5.41) is 3.34. The highest BCUT2D eigenvalue weighted by Crippen LogP contribution is 2.27. The van der Waals surface area contributed by atoms with Gasteiger partial charge >= 0.3 is 0 Å². The van der Waals surface area contributed by atoms with Crippen LogP contribution in [-0.2, 0) is 4.79 Å². The molecule has 3 atom stereocenters. The summed E-state index contributed by atoms with van der Waals surface area (Å²) < 4.78 is 0. The van der Waals surface area contributed by atoms with E-state index >= 15 is 0 Å². The first kappa shape index (κ1) is 14.8. The van der Waals surface area contributed by atoms with Crippen molar-refractivity contribution in [1.29, 1.82) is 0 Å².